The third-order valence-corrected chi connectivity index (χ3v) is 4.29. The molecule has 7 nitrogen and oxygen atoms in total. The average Bonchev–Trinajstić information content (AvgIpc) is 2.81. The molecule has 0 spiro atoms. The average molecular weight is 453 g/mol. The van der Waals surface area contributed by atoms with Gasteiger partial charge >= 0.3 is 6.61 Å². The topological polar surface area (TPSA) is 89.6 Å². The fraction of sp³-hybridized carbons (Fsp3) is 0.125. The smallest absolute Gasteiger partial charge is 0.387 e. The Labute approximate surface area is 189 Å². The molecule has 0 saturated carbocycles. The number of nitrogens with zero attached hydrogens (tertiary/aromatic N) is 1. The van der Waals surface area contributed by atoms with Crippen molar-refractivity contribution < 1.29 is 27.8 Å². The highest BCUT2D eigenvalue weighted by Crippen LogP contribution is 2.30. The molecule has 0 radical (unpaired) electrons. The van der Waals surface area contributed by atoms with Crippen LogP contribution in [0, 0.1) is 0 Å². The molecular formula is C24H21F2N3O4. The molecule has 3 aromatic rings. The molecule has 0 aliphatic carbocycles. The number of amides is 2. The Morgan fingerprint density at radius 1 is 1.00 bits per heavy atom. The van der Waals surface area contributed by atoms with Gasteiger partial charge < -0.3 is 20.1 Å². The van der Waals surface area contributed by atoms with E-state index in [1.54, 1.807) is 43.3 Å². The van der Waals surface area contributed by atoms with Crippen LogP contribution in [0.2, 0.25) is 0 Å². The normalized spacial score (nSPS) is 10.8. The molecule has 0 saturated heterocycles. The van der Waals surface area contributed by atoms with Crippen molar-refractivity contribution in [3.8, 4) is 11.5 Å². The molecule has 0 aliphatic heterocycles. The Balaban J connectivity index is 1.70. The maximum absolute atomic E-state index is 12.5. The quantitative estimate of drug-likeness (QED) is 0.446. The van der Waals surface area contributed by atoms with Gasteiger partial charge in [0.2, 0.25) is 5.91 Å². The summed E-state index contributed by atoms with van der Waals surface area (Å²) < 4.78 is 34.8. The summed E-state index contributed by atoms with van der Waals surface area (Å²) in [5, 5.41) is 5.46. The first-order chi connectivity index (χ1) is 16.0. The second-order valence-electron chi connectivity index (χ2n) is 6.58. The Morgan fingerprint density at radius 3 is 2.36 bits per heavy atom. The van der Waals surface area contributed by atoms with Gasteiger partial charge in [-0.05, 0) is 55.0 Å². The van der Waals surface area contributed by atoms with E-state index in [1.807, 2.05) is 0 Å². The summed E-state index contributed by atoms with van der Waals surface area (Å²) in [7, 11) is 0. The number of hydrogen-bond acceptors (Lipinski definition) is 5. The van der Waals surface area contributed by atoms with Crippen molar-refractivity contribution in [2.75, 3.05) is 17.2 Å². The molecule has 1 aromatic heterocycles. The van der Waals surface area contributed by atoms with Crippen LogP contribution in [0.4, 0.5) is 20.2 Å². The zero-order valence-corrected chi connectivity index (χ0v) is 17.6. The largest absolute Gasteiger partial charge is 0.490 e. The number of alkyl halides is 2. The predicted molar refractivity (Wildman–Crippen MR) is 121 cm³/mol. The van der Waals surface area contributed by atoms with Crippen molar-refractivity contribution in [1.29, 1.82) is 0 Å². The number of halogens is 2. The summed E-state index contributed by atoms with van der Waals surface area (Å²) >= 11 is 0. The van der Waals surface area contributed by atoms with E-state index >= 15 is 0 Å². The number of aromatic nitrogens is 1. The Hall–Kier alpha value is -4.27. The lowest BCUT2D eigenvalue weighted by Gasteiger charge is -2.12. The number of carbonyl (C=O) groups is 2. The minimum Gasteiger partial charge on any atom is -0.490 e. The van der Waals surface area contributed by atoms with Gasteiger partial charge in [-0.25, -0.2) is 0 Å². The minimum atomic E-state index is -2.98. The van der Waals surface area contributed by atoms with E-state index in [0.717, 1.165) is 0 Å². The van der Waals surface area contributed by atoms with Crippen LogP contribution in [0.1, 0.15) is 22.8 Å². The van der Waals surface area contributed by atoms with Crippen LogP contribution in [0.25, 0.3) is 6.08 Å². The van der Waals surface area contributed by atoms with Crippen LogP contribution in [-0.2, 0) is 4.79 Å². The Bertz CT molecular complexity index is 1140. The van der Waals surface area contributed by atoms with Gasteiger partial charge in [-0.3, -0.25) is 14.6 Å². The van der Waals surface area contributed by atoms with Gasteiger partial charge in [0.1, 0.15) is 0 Å². The lowest BCUT2D eigenvalue weighted by Crippen LogP contribution is -2.15. The van der Waals surface area contributed by atoms with Crippen LogP contribution >= 0.6 is 0 Å². The molecular weight excluding hydrogens is 432 g/mol. The first kappa shape index (κ1) is 23.4. The number of rotatable bonds is 9. The van der Waals surface area contributed by atoms with Crippen molar-refractivity contribution in [3.63, 3.8) is 0 Å². The highest BCUT2D eigenvalue weighted by atomic mass is 19.3. The molecule has 170 valence electrons. The molecule has 2 aromatic carbocycles. The summed E-state index contributed by atoms with van der Waals surface area (Å²) in [6, 6.07) is 14.3. The van der Waals surface area contributed by atoms with E-state index in [1.165, 1.54) is 42.7 Å². The predicted octanol–water partition coefficient (Wildman–Crippen LogP) is 4.99. The molecule has 3 rings (SSSR count). The van der Waals surface area contributed by atoms with E-state index in [2.05, 4.69) is 20.4 Å². The number of nitrogens with one attached hydrogen (secondary N) is 2. The first-order valence-electron chi connectivity index (χ1n) is 9.97. The molecule has 0 bridgehead atoms. The molecule has 0 unspecified atom stereocenters. The summed E-state index contributed by atoms with van der Waals surface area (Å²) in [6.07, 6.45) is 5.80. The zero-order valence-electron chi connectivity index (χ0n) is 17.6. The molecule has 0 atom stereocenters. The number of pyridine rings is 1. The number of hydrogen-bond donors (Lipinski definition) is 2. The molecule has 2 N–H and O–H groups in total. The summed E-state index contributed by atoms with van der Waals surface area (Å²) in [5.41, 5.74) is 1.81. The zero-order chi connectivity index (χ0) is 23.6. The Kier molecular flexibility index (Phi) is 8.07. The van der Waals surface area contributed by atoms with Crippen LogP contribution in [0.3, 0.4) is 0 Å². The molecule has 1 heterocycles. The lowest BCUT2D eigenvalue weighted by atomic mass is 10.2. The first-order valence-corrected chi connectivity index (χ1v) is 9.97. The Morgan fingerprint density at radius 2 is 1.70 bits per heavy atom. The maximum atomic E-state index is 12.5. The monoisotopic (exact) mass is 453 g/mol. The second kappa shape index (κ2) is 11.4. The number of ether oxygens (including phenoxy) is 2. The highest BCUT2D eigenvalue weighted by Gasteiger charge is 2.12. The second-order valence-corrected chi connectivity index (χ2v) is 6.58. The van der Waals surface area contributed by atoms with Gasteiger partial charge in [0.15, 0.2) is 11.5 Å². The van der Waals surface area contributed by atoms with Crippen LogP contribution in [0.5, 0.6) is 11.5 Å². The van der Waals surface area contributed by atoms with E-state index in [0.29, 0.717) is 22.5 Å². The molecule has 33 heavy (non-hydrogen) atoms. The van der Waals surface area contributed by atoms with Crippen LogP contribution < -0.4 is 20.1 Å². The van der Waals surface area contributed by atoms with Crippen molar-refractivity contribution in [2.24, 2.45) is 0 Å². The van der Waals surface area contributed by atoms with E-state index < -0.39 is 12.5 Å². The molecule has 2 amide bonds. The fourth-order valence-electron chi connectivity index (χ4n) is 2.84. The van der Waals surface area contributed by atoms with Crippen molar-refractivity contribution in [3.05, 3.63) is 84.2 Å². The summed E-state index contributed by atoms with van der Waals surface area (Å²) in [4.78, 5) is 28.7. The molecule has 9 heteroatoms. The van der Waals surface area contributed by atoms with E-state index in [9.17, 15) is 18.4 Å². The highest BCUT2D eigenvalue weighted by molar-refractivity contribution is 6.09. The van der Waals surface area contributed by atoms with Gasteiger partial charge in [0.05, 0.1) is 18.0 Å². The van der Waals surface area contributed by atoms with Gasteiger partial charge in [0, 0.05) is 24.0 Å². The maximum Gasteiger partial charge on any atom is 0.387 e. The third-order valence-electron chi connectivity index (χ3n) is 4.29. The SMILES string of the molecule is CCOc1cc(/C=C/C(=O)Nc2ccccc2NC(=O)c2ccncc2)ccc1OC(F)F. The number of carbonyl (C=O) groups excluding carboxylic acids is 2. The van der Waals surface area contributed by atoms with Crippen molar-refractivity contribution >= 4 is 29.3 Å². The number of anilines is 2. The lowest BCUT2D eigenvalue weighted by molar-refractivity contribution is -0.111. The van der Waals surface area contributed by atoms with Gasteiger partial charge in [-0.1, -0.05) is 18.2 Å². The van der Waals surface area contributed by atoms with Gasteiger partial charge in [0.25, 0.3) is 5.91 Å². The van der Waals surface area contributed by atoms with Crippen molar-refractivity contribution in [2.45, 2.75) is 13.5 Å². The fourth-order valence-corrected chi connectivity index (χ4v) is 2.84. The van der Waals surface area contributed by atoms with Gasteiger partial charge in [-0.2, -0.15) is 8.78 Å². The molecule has 0 fully saturated rings. The van der Waals surface area contributed by atoms with E-state index in [-0.39, 0.29) is 24.0 Å². The summed E-state index contributed by atoms with van der Waals surface area (Å²) in [5.74, 6) is -0.743. The van der Waals surface area contributed by atoms with E-state index in [4.69, 9.17) is 4.74 Å². The number of benzene rings is 2. The number of para-hydroxylation sites is 2. The van der Waals surface area contributed by atoms with Crippen molar-refractivity contribution in [1.82, 2.24) is 4.98 Å². The minimum absolute atomic E-state index is 0.0904. The van der Waals surface area contributed by atoms with Gasteiger partial charge in [-0.15, -0.1) is 0 Å². The van der Waals surface area contributed by atoms with Crippen LogP contribution in [0.15, 0.2) is 73.1 Å². The molecule has 0 aliphatic rings. The summed E-state index contributed by atoms with van der Waals surface area (Å²) in [6.45, 7) is -1.00. The standard InChI is InChI=1S/C24H21F2N3O4/c1-2-32-21-15-16(7-9-20(21)33-24(25)26)8-10-22(30)28-18-5-3-4-6-19(18)29-23(31)17-11-13-27-14-12-17/h3-15,24H,2H2,1H3,(H,28,30)(H,29,31)/b10-8+. The van der Waals surface area contributed by atoms with Crippen LogP contribution in [-0.4, -0.2) is 30.0 Å². The third kappa shape index (κ3) is 6.86.